The molecular formula is C23H22O6. The van der Waals surface area contributed by atoms with Crippen molar-refractivity contribution in [3.8, 4) is 28.7 Å². The summed E-state index contributed by atoms with van der Waals surface area (Å²) in [5.74, 6) is 1.93. The van der Waals surface area contributed by atoms with Crippen molar-refractivity contribution in [1.82, 2.24) is 0 Å². The van der Waals surface area contributed by atoms with Gasteiger partial charge in [0.15, 0.2) is 11.5 Å². The second kappa shape index (κ2) is 9.50. The lowest BCUT2D eigenvalue weighted by atomic mass is 10.1. The SMILES string of the molecule is COc1ccc(C(=O)OCc2cccc(Oc3ccccc3)c2)c(OC)c1OC. The van der Waals surface area contributed by atoms with Crippen LogP contribution < -0.4 is 18.9 Å². The molecule has 150 valence electrons. The summed E-state index contributed by atoms with van der Waals surface area (Å²) in [5, 5.41) is 0. The van der Waals surface area contributed by atoms with Gasteiger partial charge in [-0.25, -0.2) is 4.79 Å². The van der Waals surface area contributed by atoms with Gasteiger partial charge in [-0.05, 0) is 42.0 Å². The van der Waals surface area contributed by atoms with E-state index < -0.39 is 5.97 Å². The van der Waals surface area contributed by atoms with Crippen LogP contribution in [-0.2, 0) is 11.3 Å². The van der Waals surface area contributed by atoms with Crippen molar-refractivity contribution in [2.45, 2.75) is 6.61 Å². The number of hydrogen-bond donors (Lipinski definition) is 0. The molecule has 0 unspecified atom stereocenters. The fraction of sp³-hybridized carbons (Fsp3) is 0.174. The summed E-state index contributed by atoms with van der Waals surface area (Å²) in [6.07, 6.45) is 0. The van der Waals surface area contributed by atoms with Gasteiger partial charge in [0.1, 0.15) is 23.7 Å². The minimum Gasteiger partial charge on any atom is -0.493 e. The Morgan fingerprint density at radius 1 is 0.759 bits per heavy atom. The largest absolute Gasteiger partial charge is 0.493 e. The Bertz CT molecular complexity index is 968. The normalized spacial score (nSPS) is 10.2. The monoisotopic (exact) mass is 394 g/mol. The average Bonchev–Trinajstić information content (AvgIpc) is 2.77. The molecule has 6 heteroatoms. The van der Waals surface area contributed by atoms with Gasteiger partial charge in [0.25, 0.3) is 0 Å². The van der Waals surface area contributed by atoms with Crippen molar-refractivity contribution in [3.05, 3.63) is 77.9 Å². The summed E-state index contributed by atoms with van der Waals surface area (Å²) < 4.78 is 27.2. The van der Waals surface area contributed by atoms with Gasteiger partial charge >= 0.3 is 5.97 Å². The summed E-state index contributed by atoms with van der Waals surface area (Å²) in [6.45, 7) is 0.0856. The summed E-state index contributed by atoms with van der Waals surface area (Å²) in [4.78, 5) is 12.6. The lowest BCUT2D eigenvalue weighted by molar-refractivity contribution is 0.0468. The molecule has 0 aromatic heterocycles. The lowest BCUT2D eigenvalue weighted by Gasteiger charge is -2.15. The number of hydrogen-bond acceptors (Lipinski definition) is 6. The number of rotatable bonds is 8. The first-order chi connectivity index (χ1) is 14.2. The number of para-hydroxylation sites is 1. The maximum Gasteiger partial charge on any atom is 0.342 e. The third-order valence-electron chi connectivity index (χ3n) is 4.17. The third kappa shape index (κ3) is 4.79. The average molecular weight is 394 g/mol. The standard InChI is InChI=1S/C23H22O6/c1-25-20-13-12-19(21(26-2)22(20)27-3)23(24)28-15-16-8-7-11-18(14-16)29-17-9-5-4-6-10-17/h4-14H,15H2,1-3H3. The molecule has 0 aliphatic carbocycles. The topological polar surface area (TPSA) is 63.2 Å². The van der Waals surface area contributed by atoms with Gasteiger partial charge in [0, 0.05) is 0 Å². The number of carbonyl (C=O) groups is 1. The highest BCUT2D eigenvalue weighted by molar-refractivity contribution is 5.94. The van der Waals surface area contributed by atoms with E-state index in [4.69, 9.17) is 23.7 Å². The van der Waals surface area contributed by atoms with Crippen LogP contribution in [0.4, 0.5) is 0 Å². The highest BCUT2D eigenvalue weighted by atomic mass is 16.5. The summed E-state index contributed by atoms with van der Waals surface area (Å²) in [7, 11) is 4.45. The molecule has 6 nitrogen and oxygen atoms in total. The number of carbonyl (C=O) groups excluding carboxylic acids is 1. The minimum atomic E-state index is -0.530. The second-order valence-electron chi connectivity index (χ2n) is 6.02. The molecule has 0 heterocycles. The fourth-order valence-electron chi connectivity index (χ4n) is 2.81. The molecule has 0 spiro atoms. The molecule has 0 aliphatic rings. The fourth-order valence-corrected chi connectivity index (χ4v) is 2.81. The van der Waals surface area contributed by atoms with Crippen LogP contribution in [0.2, 0.25) is 0 Å². The molecular weight excluding hydrogens is 372 g/mol. The van der Waals surface area contributed by atoms with Crippen LogP contribution in [0.1, 0.15) is 15.9 Å². The van der Waals surface area contributed by atoms with Gasteiger partial charge in [-0.15, -0.1) is 0 Å². The maximum atomic E-state index is 12.6. The van der Waals surface area contributed by atoms with Crippen LogP contribution >= 0.6 is 0 Å². The van der Waals surface area contributed by atoms with Gasteiger partial charge in [0.05, 0.1) is 21.3 Å². The van der Waals surface area contributed by atoms with Crippen LogP contribution in [0, 0.1) is 0 Å². The molecule has 0 fully saturated rings. The molecule has 0 N–H and O–H groups in total. The first-order valence-corrected chi connectivity index (χ1v) is 8.94. The molecule has 3 aromatic rings. The van der Waals surface area contributed by atoms with Crippen molar-refractivity contribution >= 4 is 5.97 Å². The van der Waals surface area contributed by atoms with Gasteiger partial charge in [-0.2, -0.15) is 0 Å². The molecule has 3 rings (SSSR count). The van der Waals surface area contributed by atoms with Crippen LogP contribution in [0.15, 0.2) is 66.7 Å². The minimum absolute atomic E-state index is 0.0856. The van der Waals surface area contributed by atoms with Crippen molar-refractivity contribution in [1.29, 1.82) is 0 Å². The molecule has 0 radical (unpaired) electrons. The first kappa shape index (κ1) is 20.1. The van der Waals surface area contributed by atoms with Crippen LogP contribution in [0.5, 0.6) is 28.7 Å². The molecule has 0 atom stereocenters. The van der Waals surface area contributed by atoms with Gasteiger partial charge < -0.3 is 23.7 Å². The number of esters is 1. The third-order valence-corrected chi connectivity index (χ3v) is 4.17. The van der Waals surface area contributed by atoms with E-state index in [1.165, 1.54) is 21.3 Å². The van der Waals surface area contributed by atoms with E-state index in [-0.39, 0.29) is 17.9 Å². The molecule has 29 heavy (non-hydrogen) atoms. The zero-order valence-corrected chi connectivity index (χ0v) is 16.5. The van der Waals surface area contributed by atoms with Gasteiger partial charge in [-0.1, -0.05) is 30.3 Å². The first-order valence-electron chi connectivity index (χ1n) is 8.94. The zero-order chi connectivity index (χ0) is 20.6. The number of benzene rings is 3. The van der Waals surface area contributed by atoms with E-state index in [1.807, 2.05) is 54.6 Å². The molecule has 0 aliphatic heterocycles. The Morgan fingerprint density at radius 2 is 1.48 bits per heavy atom. The van der Waals surface area contributed by atoms with E-state index in [1.54, 1.807) is 12.1 Å². The molecule has 0 amide bonds. The molecule has 0 saturated heterocycles. The quantitative estimate of drug-likeness (QED) is 0.509. The Balaban J connectivity index is 1.72. The van der Waals surface area contributed by atoms with Crippen molar-refractivity contribution in [2.24, 2.45) is 0 Å². The highest BCUT2D eigenvalue weighted by Crippen LogP contribution is 2.40. The maximum absolute atomic E-state index is 12.6. The van der Waals surface area contributed by atoms with E-state index in [9.17, 15) is 4.79 Å². The van der Waals surface area contributed by atoms with E-state index in [0.29, 0.717) is 17.2 Å². The summed E-state index contributed by atoms with van der Waals surface area (Å²) in [6, 6.07) is 20.0. The van der Waals surface area contributed by atoms with Crippen molar-refractivity contribution < 1.29 is 28.5 Å². The molecule has 0 bridgehead atoms. The van der Waals surface area contributed by atoms with Crippen LogP contribution in [-0.4, -0.2) is 27.3 Å². The van der Waals surface area contributed by atoms with Crippen molar-refractivity contribution in [3.63, 3.8) is 0 Å². The Morgan fingerprint density at radius 3 is 2.17 bits per heavy atom. The smallest absolute Gasteiger partial charge is 0.342 e. The Kier molecular flexibility index (Phi) is 6.58. The van der Waals surface area contributed by atoms with E-state index >= 15 is 0 Å². The summed E-state index contributed by atoms with van der Waals surface area (Å²) in [5.41, 5.74) is 1.05. The molecule has 3 aromatic carbocycles. The van der Waals surface area contributed by atoms with Crippen molar-refractivity contribution in [2.75, 3.05) is 21.3 Å². The van der Waals surface area contributed by atoms with E-state index in [2.05, 4.69) is 0 Å². The molecule has 0 saturated carbocycles. The van der Waals surface area contributed by atoms with Crippen LogP contribution in [0.25, 0.3) is 0 Å². The second-order valence-corrected chi connectivity index (χ2v) is 6.02. The number of ether oxygens (including phenoxy) is 5. The Hall–Kier alpha value is -3.67. The number of methoxy groups -OCH3 is 3. The van der Waals surface area contributed by atoms with Gasteiger partial charge in [0.2, 0.25) is 5.75 Å². The van der Waals surface area contributed by atoms with Crippen LogP contribution in [0.3, 0.4) is 0 Å². The lowest BCUT2D eigenvalue weighted by Crippen LogP contribution is -2.08. The highest BCUT2D eigenvalue weighted by Gasteiger charge is 2.21. The van der Waals surface area contributed by atoms with E-state index in [0.717, 1.165) is 11.3 Å². The predicted octanol–water partition coefficient (Wildman–Crippen LogP) is 4.86. The predicted molar refractivity (Wildman–Crippen MR) is 108 cm³/mol. The summed E-state index contributed by atoms with van der Waals surface area (Å²) >= 11 is 0. The Labute approximate surface area is 169 Å². The zero-order valence-electron chi connectivity index (χ0n) is 16.5. The van der Waals surface area contributed by atoms with Gasteiger partial charge in [-0.3, -0.25) is 0 Å².